The van der Waals surface area contributed by atoms with Crippen LogP contribution in [-0.4, -0.2) is 29.1 Å². The molecule has 4 heteroatoms. The molecule has 1 aromatic rings. The highest BCUT2D eigenvalue weighted by Gasteiger charge is 2.36. The smallest absolute Gasteiger partial charge is 0.221 e. The number of carbonyl (C=O) groups excluding carboxylic acids is 1. The minimum absolute atomic E-state index is 0.0136. The molecule has 0 saturated heterocycles. The number of rotatable bonds is 5. The lowest BCUT2D eigenvalue weighted by Crippen LogP contribution is -2.39. The van der Waals surface area contributed by atoms with Crippen molar-refractivity contribution in [2.45, 2.75) is 37.0 Å². The standard InChI is InChI=1S/C15H21NO2S/c1-11(19-2)9-14(17)16-10-15(18)8-7-12-5-3-4-6-13(12)15/h3-6,11,18H,7-10H2,1-2H3,(H,16,17). The summed E-state index contributed by atoms with van der Waals surface area (Å²) in [5.41, 5.74) is 1.26. The third kappa shape index (κ3) is 3.31. The SMILES string of the molecule is CSC(C)CC(=O)NCC1(O)CCc2ccccc21. The maximum atomic E-state index is 11.8. The van der Waals surface area contributed by atoms with Crippen LogP contribution in [0.15, 0.2) is 24.3 Å². The van der Waals surface area contributed by atoms with Gasteiger partial charge in [0.2, 0.25) is 5.91 Å². The molecule has 0 bridgehead atoms. The third-order valence-electron chi connectivity index (χ3n) is 3.78. The highest BCUT2D eigenvalue weighted by molar-refractivity contribution is 7.99. The second-order valence-corrected chi connectivity index (χ2v) is 6.49. The first kappa shape index (κ1) is 14.4. The van der Waals surface area contributed by atoms with Gasteiger partial charge in [0.15, 0.2) is 0 Å². The molecule has 3 nitrogen and oxygen atoms in total. The summed E-state index contributed by atoms with van der Waals surface area (Å²) in [6, 6.07) is 7.93. The molecule has 1 amide bonds. The molecule has 0 radical (unpaired) electrons. The van der Waals surface area contributed by atoms with Crippen LogP contribution in [0.4, 0.5) is 0 Å². The van der Waals surface area contributed by atoms with Gasteiger partial charge in [-0.1, -0.05) is 31.2 Å². The molecule has 0 aliphatic heterocycles. The van der Waals surface area contributed by atoms with Crippen molar-refractivity contribution in [3.63, 3.8) is 0 Å². The summed E-state index contributed by atoms with van der Waals surface area (Å²) in [5, 5.41) is 13.8. The summed E-state index contributed by atoms with van der Waals surface area (Å²) in [7, 11) is 0. The lowest BCUT2D eigenvalue weighted by atomic mass is 9.96. The topological polar surface area (TPSA) is 49.3 Å². The summed E-state index contributed by atoms with van der Waals surface area (Å²) in [4.78, 5) is 11.8. The van der Waals surface area contributed by atoms with Gasteiger partial charge in [0.25, 0.3) is 0 Å². The Hall–Kier alpha value is -1.00. The molecule has 1 aromatic carbocycles. The van der Waals surface area contributed by atoms with Crippen LogP contribution in [0.3, 0.4) is 0 Å². The molecule has 0 heterocycles. The fourth-order valence-electron chi connectivity index (χ4n) is 2.51. The van der Waals surface area contributed by atoms with Crippen molar-refractivity contribution in [1.29, 1.82) is 0 Å². The molecule has 0 spiro atoms. The fourth-order valence-corrected chi connectivity index (χ4v) is 2.83. The molecule has 0 aromatic heterocycles. The zero-order valence-electron chi connectivity index (χ0n) is 11.5. The first-order chi connectivity index (χ1) is 9.05. The van der Waals surface area contributed by atoms with Gasteiger partial charge in [0, 0.05) is 11.7 Å². The van der Waals surface area contributed by atoms with Gasteiger partial charge in [0.05, 0.1) is 6.54 Å². The van der Waals surface area contributed by atoms with Gasteiger partial charge in [-0.25, -0.2) is 0 Å². The summed E-state index contributed by atoms with van der Waals surface area (Å²) >= 11 is 1.68. The summed E-state index contributed by atoms with van der Waals surface area (Å²) in [6.45, 7) is 2.34. The van der Waals surface area contributed by atoms with E-state index in [0.717, 1.165) is 12.0 Å². The number of nitrogens with one attached hydrogen (secondary N) is 1. The number of thioether (sulfide) groups is 1. The lowest BCUT2D eigenvalue weighted by molar-refractivity contribution is -0.122. The molecule has 0 fully saturated rings. The number of aliphatic hydroxyl groups is 1. The Bertz CT molecular complexity index is 463. The summed E-state index contributed by atoms with van der Waals surface area (Å²) in [5.74, 6) is 0.0136. The molecule has 1 aliphatic rings. The first-order valence-corrected chi connectivity index (χ1v) is 7.94. The molecule has 2 atom stereocenters. The van der Waals surface area contributed by atoms with Crippen LogP contribution in [0.2, 0.25) is 0 Å². The monoisotopic (exact) mass is 279 g/mol. The van der Waals surface area contributed by atoms with E-state index in [9.17, 15) is 9.90 Å². The van der Waals surface area contributed by atoms with Crippen LogP contribution in [0.5, 0.6) is 0 Å². The van der Waals surface area contributed by atoms with Crippen molar-refractivity contribution in [2.75, 3.05) is 12.8 Å². The van der Waals surface area contributed by atoms with Crippen molar-refractivity contribution in [1.82, 2.24) is 5.32 Å². The van der Waals surface area contributed by atoms with Gasteiger partial charge in [-0.15, -0.1) is 0 Å². The number of benzene rings is 1. The summed E-state index contributed by atoms with van der Waals surface area (Å²) < 4.78 is 0. The quantitative estimate of drug-likeness (QED) is 0.867. The van der Waals surface area contributed by atoms with Gasteiger partial charge in [0.1, 0.15) is 5.60 Å². The predicted octanol–water partition coefficient (Wildman–Crippen LogP) is 2.08. The Morgan fingerprint density at radius 2 is 2.26 bits per heavy atom. The van der Waals surface area contributed by atoms with Gasteiger partial charge < -0.3 is 10.4 Å². The zero-order chi connectivity index (χ0) is 13.9. The molecule has 0 saturated carbocycles. The van der Waals surface area contributed by atoms with E-state index in [0.29, 0.717) is 24.6 Å². The highest BCUT2D eigenvalue weighted by atomic mass is 32.2. The average Bonchev–Trinajstić information content (AvgIpc) is 2.75. The molecule has 2 N–H and O–H groups in total. The number of aryl methyl sites for hydroxylation is 1. The minimum Gasteiger partial charge on any atom is -0.383 e. The molecule has 19 heavy (non-hydrogen) atoms. The van der Waals surface area contributed by atoms with Crippen molar-refractivity contribution >= 4 is 17.7 Å². The number of fused-ring (bicyclic) bond motifs is 1. The van der Waals surface area contributed by atoms with Gasteiger partial charge in [-0.3, -0.25) is 4.79 Å². The second kappa shape index (κ2) is 5.97. The first-order valence-electron chi connectivity index (χ1n) is 6.65. The molecular weight excluding hydrogens is 258 g/mol. The van der Waals surface area contributed by atoms with Crippen LogP contribution in [0.1, 0.15) is 30.9 Å². The summed E-state index contributed by atoms with van der Waals surface area (Å²) in [6.07, 6.45) is 4.06. The van der Waals surface area contributed by atoms with E-state index in [4.69, 9.17) is 0 Å². The third-order valence-corrected chi connectivity index (χ3v) is 4.75. The molecule has 104 valence electrons. The van der Waals surface area contributed by atoms with Crippen molar-refractivity contribution < 1.29 is 9.90 Å². The van der Waals surface area contributed by atoms with Gasteiger partial charge in [-0.2, -0.15) is 11.8 Å². The van der Waals surface area contributed by atoms with E-state index < -0.39 is 5.60 Å². The number of amides is 1. The second-order valence-electron chi connectivity index (χ2n) is 5.22. The van der Waals surface area contributed by atoms with Crippen LogP contribution >= 0.6 is 11.8 Å². The Morgan fingerprint density at radius 1 is 1.53 bits per heavy atom. The van der Waals surface area contributed by atoms with Crippen molar-refractivity contribution in [3.8, 4) is 0 Å². The Labute approximate surface area is 118 Å². The van der Waals surface area contributed by atoms with Crippen LogP contribution < -0.4 is 5.32 Å². The van der Waals surface area contributed by atoms with Crippen LogP contribution in [0, 0.1) is 0 Å². The van der Waals surface area contributed by atoms with Crippen LogP contribution in [-0.2, 0) is 16.8 Å². The maximum absolute atomic E-state index is 11.8. The van der Waals surface area contributed by atoms with E-state index in [1.807, 2.05) is 37.4 Å². The Balaban J connectivity index is 1.95. The van der Waals surface area contributed by atoms with Crippen molar-refractivity contribution in [3.05, 3.63) is 35.4 Å². The van der Waals surface area contributed by atoms with Crippen LogP contribution in [0.25, 0.3) is 0 Å². The van der Waals surface area contributed by atoms with E-state index >= 15 is 0 Å². The number of hydrogen-bond acceptors (Lipinski definition) is 3. The van der Waals surface area contributed by atoms with Crippen molar-refractivity contribution in [2.24, 2.45) is 0 Å². The molecule has 1 aliphatic carbocycles. The van der Waals surface area contributed by atoms with E-state index in [2.05, 4.69) is 5.32 Å². The molecular formula is C15H21NO2S. The number of carbonyl (C=O) groups is 1. The number of hydrogen-bond donors (Lipinski definition) is 2. The van der Waals surface area contributed by atoms with Gasteiger partial charge in [-0.05, 0) is 30.2 Å². The average molecular weight is 279 g/mol. The normalized spacial score (nSPS) is 22.9. The largest absolute Gasteiger partial charge is 0.383 e. The van der Waals surface area contributed by atoms with E-state index in [1.54, 1.807) is 11.8 Å². The minimum atomic E-state index is -0.894. The van der Waals surface area contributed by atoms with E-state index in [-0.39, 0.29) is 5.91 Å². The zero-order valence-corrected chi connectivity index (χ0v) is 12.3. The Kier molecular flexibility index (Phi) is 4.53. The lowest BCUT2D eigenvalue weighted by Gasteiger charge is -2.24. The maximum Gasteiger partial charge on any atom is 0.221 e. The van der Waals surface area contributed by atoms with E-state index in [1.165, 1.54) is 5.56 Å². The predicted molar refractivity (Wildman–Crippen MR) is 79.3 cm³/mol. The van der Waals surface area contributed by atoms with Gasteiger partial charge >= 0.3 is 0 Å². The molecule has 2 rings (SSSR count). The fraction of sp³-hybridized carbons (Fsp3) is 0.533. The highest BCUT2D eigenvalue weighted by Crippen LogP contribution is 2.36. The Morgan fingerprint density at radius 3 is 3.00 bits per heavy atom. The molecule has 2 unspecified atom stereocenters.